The molecule has 1 rings (SSSR count). The predicted molar refractivity (Wildman–Crippen MR) is 67.4 cm³/mol. The van der Waals surface area contributed by atoms with Crippen LogP contribution >= 0.6 is 23.6 Å². The molecular weight excluding hydrogens is 228 g/mol. The van der Waals surface area contributed by atoms with Crippen LogP contribution in [-0.2, 0) is 0 Å². The number of hydrogen-bond donors (Lipinski definition) is 2. The van der Waals surface area contributed by atoms with E-state index in [4.69, 9.17) is 18.0 Å². The molecule has 0 aromatic carbocycles. The van der Waals surface area contributed by atoms with Gasteiger partial charge in [0.25, 0.3) is 5.91 Å². The lowest BCUT2D eigenvalue weighted by Gasteiger charge is -2.03. The fraction of sp³-hybridized carbons (Fsp3) is 0.400. The molecule has 15 heavy (non-hydrogen) atoms. The normalized spacial score (nSPS) is 9.93. The molecule has 1 amide bonds. The van der Waals surface area contributed by atoms with Crippen LogP contribution in [0.1, 0.15) is 28.8 Å². The van der Waals surface area contributed by atoms with E-state index in [0.717, 1.165) is 17.5 Å². The Hall–Kier alpha value is -0.940. The van der Waals surface area contributed by atoms with Gasteiger partial charge in [-0.2, -0.15) is 11.3 Å². The molecule has 0 aliphatic heterocycles. The molecule has 0 saturated heterocycles. The van der Waals surface area contributed by atoms with Crippen molar-refractivity contribution in [2.24, 2.45) is 5.73 Å². The predicted octanol–water partition coefficient (Wildman–Crippen LogP) is 1.85. The highest BCUT2D eigenvalue weighted by molar-refractivity contribution is 7.80. The van der Waals surface area contributed by atoms with E-state index in [0.29, 0.717) is 18.0 Å². The van der Waals surface area contributed by atoms with E-state index in [9.17, 15) is 4.79 Å². The quantitative estimate of drug-likeness (QED) is 0.612. The van der Waals surface area contributed by atoms with Gasteiger partial charge in [0.2, 0.25) is 0 Å². The Morgan fingerprint density at radius 2 is 2.33 bits per heavy atom. The summed E-state index contributed by atoms with van der Waals surface area (Å²) >= 11 is 6.28. The van der Waals surface area contributed by atoms with Crippen LogP contribution in [-0.4, -0.2) is 17.4 Å². The standard InChI is InChI=1S/C10H14N2OS2/c1-7-5-15-6-8(7)10(13)12-4-2-3-9(11)14/h5-6H,2-4H2,1H3,(H2,11,14)(H,12,13). The molecule has 82 valence electrons. The maximum absolute atomic E-state index is 11.6. The SMILES string of the molecule is Cc1cscc1C(=O)NCCCC(N)=S. The topological polar surface area (TPSA) is 55.1 Å². The summed E-state index contributed by atoms with van der Waals surface area (Å²) in [5.74, 6) is -0.0170. The molecule has 0 spiro atoms. The average molecular weight is 242 g/mol. The monoisotopic (exact) mass is 242 g/mol. The van der Waals surface area contributed by atoms with E-state index in [1.807, 2.05) is 17.7 Å². The number of aryl methyl sites for hydroxylation is 1. The van der Waals surface area contributed by atoms with Gasteiger partial charge in [0.1, 0.15) is 0 Å². The number of carbonyl (C=O) groups is 1. The lowest BCUT2D eigenvalue weighted by atomic mass is 10.2. The third-order valence-electron chi connectivity index (χ3n) is 1.99. The van der Waals surface area contributed by atoms with Crippen LogP contribution in [0.3, 0.4) is 0 Å². The van der Waals surface area contributed by atoms with Crippen LogP contribution in [0.5, 0.6) is 0 Å². The Balaban J connectivity index is 2.31. The minimum absolute atomic E-state index is 0.0170. The number of rotatable bonds is 5. The molecular formula is C10H14N2OS2. The fourth-order valence-corrected chi connectivity index (χ4v) is 2.13. The summed E-state index contributed by atoms with van der Waals surface area (Å²) in [7, 11) is 0. The highest BCUT2D eigenvalue weighted by Crippen LogP contribution is 2.13. The summed E-state index contributed by atoms with van der Waals surface area (Å²) in [6, 6.07) is 0. The second-order valence-corrected chi connectivity index (χ2v) is 4.56. The maximum Gasteiger partial charge on any atom is 0.252 e. The van der Waals surface area contributed by atoms with Gasteiger partial charge >= 0.3 is 0 Å². The highest BCUT2D eigenvalue weighted by Gasteiger charge is 2.08. The van der Waals surface area contributed by atoms with E-state index in [1.54, 1.807) is 0 Å². The summed E-state index contributed by atoms with van der Waals surface area (Å²) < 4.78 is 0. The van der Waals surface area contributed by atoms with Gasteiger partial charge in [-0.1, -0.05) is 12.2 Å². The van der Waals surface area contributed by atoms with Crippen LogP contribution in [0.4, 0.5) is 0 Å². The van der Waals surface area contributed by atoms with E-state index in [-0.39, 0.29) is 5.91 Å². The third kappa shape index (κ3) is 3.97. The van der Waals surface area contributed by atoms with Gasteiger partial charge in [-0.3, -0.25) is 4.79 Å². The second-order valence-electron chi connectivity index (χ2n) is 3.29. The van der Waals surface area contributed by atoms with E-state index in [2.05, 4.69) is 5.32 Å². The second kappa shape index (κ2) is 5.82. The summed E-state index contributed by atoms with van der Waals surface area (Å²) in [5.41, 5.74) is 7.13. The number of thiocarbonyl (C=S) groups is 1. The molecule has 0 bridgehead atoms. The Morgan fingerprint density at radius 1 is 1.60 bits per heavy atom. The average Bonchev–Trinajstić information content (AvgIpc) is 2.58. The molecule has 0 atom stereocenters. The zero-order valence-electron chi connectivity index (χ0n) is 8.58. The summed E-state index contributed by atoms with van der Waals surface area (Å²) in [6.07, 6.45) is 1.47. The van der Waals surface area contributed by atoms with Gasteiger partial charge in [-0.05, 0) is 30.7 Å². The molecule has 5 heteroatoms. The number of hydrogen-bond acceptors (Lipinski definition) is 3. The zero-order chi connectivity index (χ0) is 11.3. The largest absolute Gasteiger partial charge is 0.393 e. The number of carbonyl (C=O) groups excluding carboxylic acids is 1. The summed E-state index contributed by atoms with van der Waals surface area (Å²) in [6.45, 7) is 2.55. The highest BCUT2D eigenvalue weighted by atomic mass is 32.1. The zero-order valence-corrected chi connectivity index (χ0v) is 10.2. The molecule has 0 unspecified atom stereocenters. The smallest absolute Gasteiger partial charge is 0.252 e. The van der Waals surface area contributed by atoms with Crippen LogP contribution < -0.4 is 11.1 Å². The first kappa shape index (κ1) is 12.1. The Kier molecular flexibility index (Phi) is 4.71. The van der Waals surface area contributed by atoms with E-state index in [1.165, 1.54) is 11.3 Å². The first-order valence-corrected chi connectivity index (χ1v) is 6.05. The Bertz CT molecular complexity index is 360. The minimum Gasteiger partial charge on any atom is -0.393 e. The summed E-state index contributed by atoms with van der Waals surface area (Å²) in [4.78, 5) is 12.1. The maximum atomic E-state index is 11.6. The first-order valence-electron chi connectivity index (χ1n) is 4.70. The molecule has 1 aromatic rings. The van der Waals surface area contributed by atoms with Crippen molar-refractivity contribution < 1.29 is 4.79 Å². The first-order chi connectivity index (χ1) is 7.11. The molecule has 0 saturated carbocycles. The third-order valence-corrected chi connectivity index (χ3v) is 3.05. The molecule has 0 aliphatic rings. The van der Waals surface area contributed by atoms with Gasteiger partial charge in [0.05, 0.1) is 10.6 Å². The number of amides is 1. The molecule has 1 heterocycles. The van der Waals surface area contributed by atoms with Crippen LogP contribution in [0.15, 0.2) is 10.8 Å². The van der Waals surface area contributed by atoms with Crippen molar-refractivity contribution >= 4 is 34.5 Å². The Morgan fingerprint density at radius 3 is 2.87 bits per heavy atom. The van der Waals surface area contributed by atoms with Crippen molar-refractivity contribution in [3.8, 4) is 0 Å². The molecule has 0 fully saturated rings. The molecule has 3 N–H and O–H groups in total. The molecule has 1 aromatic heterocycles. The van der Waals surface area contributed by atoms with Gasteiger partial charge in [0, 0.05) is 11.9 Å². The Labute approximate surface area is 98.7 Å². The number of nitrogens with one attached hydrogen (secondary N) is 1. The van der Waals surface area contributed by atoms with Gasteiger partial charge in [-0.25, -0.2) is 0 Å². The van der Waals surface area contributed by atoms with Crippen molar-refractivity contribution in [1.82, 2.24) is 5.32 Å². The fourth-order valence-electron chi connectivity index (χ4n) is 1.15. The van der Waals surface area contributed by atoms with Crippen molar-refractivity contribution in [3.63, 3.8) is 0 Å². The van der Waals surface area contributed by atoms with Gasteiger partial charge < -0.3 is 11.1 Å². The van der Waals surface area contributed by atoms with Crippen molar-refractivity contribution in [1.29, 1.82) is 0 Å². The van der Waals surface area contributed by atoms with Crippen molar-refractivity contribution in [2.75, 3.05) is 6.54 Å². The van der Waals surface area contributed by atoms with Gasteiger partial charge in [0.15, 0.2) is 0 Å². The van der Waals surface area contributed by atoms with Crippen molar-refractivity contribution in [3.05, 3.63) is 21.9 Å². The summed E-state index contributed by atoms with van der Waals surface area (Å²) in [5, 5.41) is 6.66. The molecule has 3 nitrogen and oxygen atoms in total. The van der Waals surface area contributed by atoms with Crippen LogP contribution in [0.2, 0.25) is 0 Å². The minimum atomic E-state index is -0.0170. The van der Waals surface area contributed by atoms with E-state index >= 15 is 0 Å². The number of nitrogens with two attached hydrogens (primary N) is 1. The molecule has 0 aliphatic carbocycles. The lowest BCUT2D eigenvalue weighted by Crippen LogP contribution is -2.25. The van der Waals surface area contributed by atoms with E-state index < -0.39 is 0 Å². The van der Waals surface area contributed by atoms with Gasteiger partial charge in [-0.15, -0.1) is 0 Å². The van der Waals surface area contributed by atoms with Crippen molar-refractivity contribution in [2.45, 2.75) is 19.8 Å². The lowest BCUT2D eigenvalue weighted by molar-refractivity contribution is 0.0953. The number of thiophene rings is 1. The molecule has 0 radical (unpaired) electrons. The van der Waals surface area contributed by atoms with Crippen LogP contribution in [0, 0.1) is 6.92 Å². The van der Waals surface area contributed by atoms with Crippen LogP contribution in [0.25, 0.3) is 0 Å².